The lowest BCUT2D eigenvalue weighted by atomic mass is 9.91. The largest absolute Gasteiger partial charge is 0.477 e. The van der Waals surface area contributed by atoms with Gasteiger partial charge < -0.3 is 15.3 Å². The third-order valence-electron chi connectivity index (χ3n) is 9.99. The lowest BCUT2D eigenvalue weighted by Crippen LogP contribution is -2.72. The highest BCUT2D eigenvalue weighted by molar-refractivity contribution is 5.78. The van der Waals surface area contributed by atoms with E-state index in [2.05, 4.69) is 6.58 Å². The summed E-state index contributed by atoms with van der Waals surface area (Å²) in [6.07, 6.45) is 30.7. The molecule has 0 aromatic heterocycles. The van der Waals surface area contributed by atoms with Gasteiger partial charge in [-0.15, -0.1) is 6.58 Å². The van der Waals surface area contributed by atoms with Gasteiger partial charge in [-0.25, -0.2) is 14.4 Å². The lowest BCUT2D eigenvalue weighted by molar-refractivity contribution is -0.973. The first-order valence-electron chi connectivity index (χ1n) is 19.4. The summed E-state index contributed by atoms with van der Waals surface area (Å²) in [6.45, 7) is 9.71. The number of carboxylic acid groups (broad SMARTS) is 3. The van der Waals surface area contributed by atoms with Crippen LogP contribution in [-0.4, -0.2) is 62.4 Å². The zero-order valence-corrected chi connectivity index (χ0v) is 30.3. The zero-order chi connectivity index (χ0) is 34.5. The van der Waals surface area contributed by atoms with Crippen LogP contribution in [0.15, 0.2) is 12.7 Å². The Morgan fingerprint density at radius 3 is 0.935 bits per heavy atom. The second-order valence-corrected chi connectivity index (χ2v) is 13.8. The molecular formula is C39H74NO6+. The molecule has 3 atom stereocenters. The maximum Gasteiger partial charge on any atom is 0.362 e. The van der Waals surface area contributed by atoms with Crippen molar-refractivity contribution in [1.29, 1.82) is 0 Å². The number of rotatable bonds is 35. The second-order valence-electron chi connectivity index (χ2n) is 13.8. The Morgan fingerprint density at radius 2 is 0.717 bits per heavy atom. The molecule has 7 heteroatoms. The molecule has 0 saturated heterocycles. The number of aliphatic carboxylic acids is 3. The van der Waals surface area contributed by atoms with Gasteiger partial charge >= 0.3 is 17.9 Å². The zero-order valence-electron chi connectivity index (χ0n) is 30.3. The van der Waals surface area contributed by atoms with Gasteiger partial charge in [-0.3, -0.25) is 4.48 Å². The molecule has 0 aromatic rings. The molecule has 0 spiro atoms. The molecule has 0 heterocycles. The molecular weight excluding hydrogens is 578 g/mol. The van der Waals surface area contributed by atoms with Crippen LogP contribution in [0, 0.1) is 0 Å². The van der Waals surface area contributed by atoms with Gasteiger partial charge in [0.2, 0.25) is 0 Å². The summed E-state index contributed by atoms with van der Waals surface area (Å²) in [7, 11) is 0. The van der Waals surface area contributed by atoms with Crippen molar-refractivity contribution in [2.45, 2.75) is 212 Å². The lowest BCUT2D eigenvalue weighted by Gasteiger charge is -2.50. The Labute approximate surface area is 283 Å². The molecule has 3 unspecified atom stereocenters. The van der Waals surface area contributed by atoms with Gasteiger partial charge in [-0.1, -0.05) is 136 Å². The molecule has 0 bridgehead atoms. The van der Waals surface area contributed by atoms with Crippen molar-refractivity contribution in [2.75, 3.05) is 6.54 Å². The predicted octanol–water partition coefficient (Wildman–Crippen LogP) is 10.9. The van der Waals surface area contributed by atoms with E-state index in [1.165, 1.54) is 103 Å². The first-order valence-corrected chi connectivity index (χ1v) is 19.4. The Kier molecular flexibility index (Phi) is 28.1. The average Bonchev–Trinajstić information content (AvgIpc) is 3.02. The van der Waals surface area contributed by atoms with E-state index in [-0.39, 0.29) is 30.3 Å². The fourth-order valence-electron chi connectivity index (χ4n) is 7.50. The molecule has 46 heavy (non-hydrogen) atoms. The predicted molar refractivity (Wildman–Crippen MR) is 191 cm³/mol. The molecule has 0 radical (unpaired) electrons. The van der Waals surface area contributed by atoms with Crippen molar-refractivity contribution in [3.8, 4) is 0 Å². The molecule has 0 aliphatic heterocycles. The molecule has 0 fully saturated rings. The summed E-state index contributed by atoms with van der Waals surface area (Å²) in [5.41, 5.74) is 0. The molecule has 0 saturated carbocycles. The summed E-state index contributed by atoms with van der Waals surface area (Å²) < 4.78 is -0.369. The number of carboxylic acids is 3. The molecule has 0 aliphatic carbocycles. The second kappa shape index (κ2) is 29.3. The van der Waals surface area contributed by atoms with Crippen molar-refractivity contribution in [3.63, 3.8) is 0 Å². The molecule has 7 nitrogen and oxygen atoms in total. The molecule has 0 amide bonds. The van der Waals surface area contributed by atoms with Gasteiger partial charge in [0.05, 0.1) is 6.54 Å². The van der Waals surface area contributed by atoms with Crippen molar-refractivity contribution in [3.05, 3.63) is 12.7 Å². The highest BCUT2D eigenvalue weighted by Gasteiger charge is 2.56. The molecule has 0 aliphatic rings. The summed E-state index contributed by atoms with van der Waals surface area (Å²) in [4.78, 5) is 37.9. The molecule has 3 N–H and O–H groups in total. The van der Waals surface area contributed by atoms with Crippen LogP contribution in [0.2, 0.25) is 0 Å². The van der Waals surface area contributed by atoms with Crippen LogP contribution in [0.25, 0.3) is 0 Å². The van der Waals surface area contributed by atoms with Crippen LogP contribution < -0.4 is 0 Å². The smallest absolute Gasteiger partial charge is 0.362 e. The van der Waals surface area contributed by atoms with E-state index in [1.54, 1.807) is 0 Å². The minimum atomic E-state index is -1.08. The maximum absolute atomic E-state index is 12.6. The van der Waals surface area contributed by atoms with E-state index >= 15 is 0 Å². The Bertz CT molecular complexity index is 725. The Hall–Kier alpha value is -1.89. The quantitative estimate of drug-likeness (QED) is 0.0357. The van der Waals surface area contributed by atoms with Crippen LogP contribution in [0.1, 0.15) is 194 Å². The highest BCUT2D eigenvalue weighted by Crippen LogP contribution is 2.34. The monoisotopic (exact) mass is 653 g/mol. The number of unbranched alkanes of at least 4 members (excludes halogenated alkanes) is 20. The number of quaternary nitrogens is 1. The SMILES string of the molecule is C=CCCCCCCCCCCCCCCCCCCCCCC[N+](C(CCC)C(=O)O)(C(CCC)C(=O)O)C(CCC)C(=O)O. The van der Waals surface area contributed by atoms with Crippen molar-refractivity contribution >= 4 is 17.9 Å². The fraction of sp³-hybridized carbons (Fsp3) is 0.872. The summed E-state index contributed by atoms with van der Waals surface area (Å²) in [6, 6.07) is -3.13. The van der Waals surface area contributed by atoms with E-state index in [0.717, 1.165) is 25.7 Å². The van der Waals surface area contributed by atoms with Gasteiger partial charge in [0.1, 0.15) is 0 Å². The van der Waals surface area contributed by atoms with Crippen molar-refractivity contribution in [1.82, 2.24) is 0 Å². The van der Waals surface area contributed by atoms with Crippen LogP contribution in [0.4, 0.5) is 0 Å². The Balaban J connectivity index is 4.53. The van der Waals surface area contributed by atoms with E-state index in [1.807, 2.05) is 26.8 Å². The summed E-state index contributed by atoms with van der Waals surface area (Å²) in [5, 5.41) is 30.9. The van der Waals surface area contributed by atoms with Gasteiger partial charge in [-0.2, -0.15) is 0 Å². The first kappa shape index (κ1) is 44.1. The summed E-state index contributed by atoms with van der Waals surface area (Å²) in [5.74, 6) is -3.24. The van der Waals surface area contributed by atoms with Crippen LogP contribution in [0.3, 0.4) is 0 Å². The number of allylic oxidation sites excluding steroid dienone is 1. The fourth-order valence-corrected chi connectivity index (χ4v) is 7.50. The van der Waals surface area contributed by atoms with Crippen LogP contribution >= 0.6 is 0 Å². The Morgan fingerprint density at radius 1 is 0.478 bits per heavy atom. The van der Waals surface area contributed by atoms with Gasteiger partial charge in [0.15, 0.2) is 18.1 Å². The van der Waals surface area contributed by atoms with E-state index in [4.69, 9.17) is 0 Å². The average molecular weight is 653 g/mol. The third-order valence-corrected chi connectivity index (χ3v) is 9.99. The third kappa shape index (κ3) is 18.4. The summed E-state index contributed by atoms with van der Waals surface area (Å²) >= 11 is 0. The van der Waals surface area contributed by atoms with E-state index in [9.17, 15) is 29.7 Å². The van der Waals surface area contributed by atoms with E-state index < -0.39 is 36.0 Å². The normalized spacial score (nSPS) is 14.8. The molecule has 0 aromatic carbocycles. The van der Waals surface area contributed by atoms with Gasteiger partial charge in [-0.05, 0) is 44.9 Å². The van der Waals surface area contributed by atoms with Crippen LogP contribution in [0.5, 0.6) is 0 Å². The topological polar surface area (TPSA) is 112 Å². The van der Waals surface area contributed by atoms with Crippen molar-refractivity contribution < 1.29 is 34.2 Å². The first-order chi connectivity index (χ1) is 22.2. The standard InChI is InChI=1S/C39H73NO6/c1-5-9-10-11-12-13-14-15-16-17-18-19-20-21-22-23-24-25-26-27-28-29-33-40(34(30-6-2)37(41)42,35(31-7-3)38(43)44)36(32-8-4)39(45)46/h5,34-36H,1,6-33H2,2-4H3,(H2-,41,42,43,44,45,46)/p+1. The number of hydrogen-bond acceptors (Lipinski definition) is 3. The van der Waals surface area contributed by atoms with E-state index in [0.29, 0.717) is 25.7 Å². The van der Waals surface area contributed by atoms with Gasteiger partial charge in [0, 0.05) is 19.3 Å². The van der Waals surface area contributed by atoms with Crippen LogP contribution in [-0.2, 0) is 14.4 Å². The minimum absolute atomic E-state index is 0.271. The van der Waals surface area contributed by atoms with Gasteiger partial charge in [0.25, 0.3) is 0 Å². The number of carbonyl (C=O) groups is 3. The molecule has 270 valence electrons. The minimum Gasteiger partial charge on any atom is -0.477 e. The maximum atomic E-state index is 12.6. The number of hydrogen-bond donors (Lipinski definition) is 3. The highest BCUT2D eigenvalue weighted by atomic mass is 16.4. The number of nitrogens with zero attached hydrogens (tertiary/aromatic N) is 1. The van der Waals surface area contributed by atoms with Crippen molar-refractivity contribution in [2.24, 2.45) is 0 Å². The molecule has 0 rings (SSSR count).